The van der Waals surface area contributed by atoms with Crippen molar-refractivity contribution in [1.82, 2.24) is 0 Å². The highest BCUT2D eigenvalue weighted by molar-refractivity contribution is 5.97. The van der Waals surface area contributed by atoms with Crippen LogP contribution < -0.4 is 10.1 Å². The van der Waals surface area contributed by atoms with E-state index in [0.29, 0.717) is 11.4 Å². The molecule has 18 heavy (non-hydrogen) atoms. The highest BCUT2D eigenvalue weighted by atomic mass is 16.5. The van der Waals surface area contributed by atoms with Crippen LogP contribution in [0.4, 0.5) is 5.69 Å². The largest absolute Gasteiger partial charge is 0.477 e. The van der Waals surface area contributed by atoms with Crippen LogP contribution >= 0.6 is 0 Å². The van der Waals surface area contributed by atoms with Crippen LogP contribution in [0.5, 0.6) is 5.75 Å². The predicted molar refractivity (Wildman–Crippen MR) is 67.3 cm³/mol. The van der Waals surface area contributed by atoms with Gasteiger partial charge in [0, 0.05) is 7.11 Å². The van der Waals surface area contributed by atoms with Crippen molar-refractivity contribution in [3.63, 3.8) is 0 Å². The molecule has 1 rings (SSSR count). The molecule has 96 valence electrons. The van der Waals surface area contributed by atoms with Gasteiger partial charge in [-0.1, -0.05) is 12.1 Å². The monoisotopic (exact) mass is 248 g/mol. The summed E-state index contributed by atoms with van der Waals surface area (Å²) in [6, 6.07) is 8.81. The number of benzene rings is 1. The van der Waals surface area contributed by atoms with E-state index >= 15 is 0 Å². The molecule has 0 bridgehead atoms. The molecule has 5 heteroatoms. The summed E-state index contributed by atoms with van der Waals surface area (Å²) < 4.78 is 10.3. The Morgan fingerprint density at radius 1 is 1.44 bits per heavy atom. The van der Waals surface area contributed by atoms with E-state index in [1.54, 1.807) is 38.1 Å². The van der Waals surface area contributed by atoms with Gasteiger partial charge in [-0.05, 0) is 26.0 Å². The smallest absolute Gasteiger partial charge is 0.256 e. The number of para-hydroxylation sites is 2. The topological polar surface area (TPSA) is 71.3 Å². The molecule has 0 aliphatic heterocycles. The first-order valence-corrected chi connectivity index (χ1v) is 5.46. The summed E-state index contributed by atoms with van der Waals surface area (Å²) in [4.78, 5) is 11.9. The van der Waals surface area contributed by atoms with Crippen LogP contribution in [0.1, 0.15) is 13.8 Å². The van der Waals surface area contributed by atoms with Crippen LogP contribution in [0.2, 0.25) is 0 Å². The summed E-state index contributed by atoms with van der Waals surface area (Å²) >= 11 is 0. The van der Waals surface area contributed by atoms with Crippen LogP contribution in [-0.2, 0) is 9.53 Å². The molecule has 0 aromatic heterocycles. The molecule has 0 atom stereocenters. The van der Waals surface area contributed by atoms with Crippen LogP contribution in [-0.4, -0.2) is 25.2 Å². The third-order valence-electron chi connectivity index (χ3n) is 2.48. The van der Waals surface area contributed by atoms with Gasteiger partial charge in [-0.15, -0.1) is 0 Å². The number of nitrogens with zero attached hydrogens (tertiary/aromatic N) is 1. The van der Waals surface area contributed by atoms with E-state index in [2.05, 4.69) is 5.32 Å². The molecule has 0 radical (unpaired) electrons. The summed E-state index contributed by atoms with van der Waals surface area (Å²) in [6.45, 7) is 3.27. The lowest BCUT2D eigenvalue weighted by Crippen LogP contribution is -2.38. The van der Waals surface area contributed by atoms with Crippen molar-refractivity contribution in [2.75, 3.05) is 19.0 Å². The number of nitrogens with one attached hydrogen (secondary N) is 1. The number of rotatable bonds is 5. The Morgan fingerprint density at radius 2 is 2.11 bits per heavy atom. The van der Waals surface area contributed by atoms with Gasteiger partial charge in [0.15, 0.2) is 6.61 Å². The van der Waals surface area contributed by atoms with E-state index in [1.165, 1.54) is 7.11 Å². The summed E-state index contributed by atoms with van der Waals surface area (Å²) in [7, 11) is 1.47. The molecule has 1 aromatic rings. The van der Waals surface area contributed by atoms with Gasteiger partial charge in [0.1, 0.15) is 17.4 Å². The van der Waals surface area contributed by atoms with Gasteiger partial charge in [-0.25, -0.2) is 0 Å². The molecule has 0 heterocycles. The Morgan fingerprint density at radius 3 is 2.72 bits per heavy atom. The average Bonchev–Trinajstić information content (AvgIpc) is 2.37. The average molecular weight is 248 g/mol. The molecule has 0 unspecified atom stereocenters. The number of amides is 1. The lowest BCUT2D eigenvalue weighted by atomic mass is 10.1. The van der Waals surface area contributed by atoms with Crippen LogP contribution in [0.15, 0.2) is 24.3 Å². The molecule has 1 aromatic carbocycles. The second-order valence-electron chi connectivity index (χ2n) is 4.11. The van der Waals surface area contributed by atoms with E-state index in [1.807, 2.05) is 6.07 Å². The summed E-state index contributed by atoms with van der Waals surface area (Å²) in [5.74, 6) is 0.178. The van der Waals surface area contributed by atoms with Crippen molar-refractivity contribution in [2.24, 2.45) is 0 Å². The number of carbonyl (C=O) groups is 1. The maximum absolute atomic E-state index is 11.9. The minimum Gasteiger partial charge on any atom is -0.477 e. The van der Waals surface area contributed by atoms with Gasteiger partial charge in [0.2, 0.25) is 0 Å². The number of methoxy groups -OCH3 is 1. The maximum Gasteiger partial charge on any atom is 0.256 e. The Bertz CT molecular complexity index is 464. The Hall–Kier alpha value is -2.06. The third kappa shape index (κ3) is 3.47. The molecule has 0 aliphatic carbocycles. The quantitative estimate of drug-likeness (QED) is 0.864. The van der Waals surface area contributed by atoms with Crippen molar-refractivity contribution >= 4 is 11.6 Å². The number of nitriles is 1. The number of hydrogen-bond donors (Lipinski definition) is 1. The van der Waals surface area contributed by atoms with Gasteiger partial charge in [0.05, 0.1) is 5.69 Å². The summed E-state index contributed by atoms with van der Waals surface area (Å²) in [5.41, 5.74) is -0.412. The maximum atomic E-state index is 11.9. The fraction of sp³-hybridized carbons (Fsp3) is 0.385. The molecule has 1 N–H and O–H groups in total. The highest BCUT2D eigenvalue weighted by Crippen LogP contribution is 2.25. The third-order valence-corrected chi connectivity index (χ3v) is 2.48. The van der Waals surface area contributed by atoms with Gasteiger partial charge >= 0.3 is 0 Å². The first-order chi connectivity index (χ1) is 8.51. The minimum atomic E-state index is -0.928. The van der Waals surface area contributed by atoms with Crippen molar-refractivity contribution in [3.05, 3.63) is 24.3 Å². The molecule has 0 saturated carbocycles. The number of hydrogen-bond acceptors (Lipinski definition) is 4. The van der Waals surface area contributed by atoms with E-state index in [0.717, 1.165) is 0 Å². The standard InChI is InChI=1S/C13H16N2O3/c1-13(2,17-3)12(16)15-10-6-4-5-7-11(10)18-9-8-14/h4-7H,9H2,1-3H3,(H,15,16). The summed E-state index contributed by atoms with van der Waals surface area (Å²) in [5, 5.41) is 11.2. The van der Waals surface area contributed by atoms with Crippen molar-refractivity contribution in [3.8, 4) is 11.8 Å². The predicted octanol–water partition coefficient (Wildman–Crippen LogP) is 1.95. The zero-order valence-corrected chi connectivity index (χ0v) is 10.7. The minimum absolute atomic E-state index is 0.0689. The van der Waals surface area contributed by atoms with Crippen LogP contribution in [0.25, 0.3) is 0 Å². The molecule has 5 nitrogen and oxygen atoms in total. The van der Waals surface area contributed by atoms with Crippen molar-refractivity contribution in [1.29, 1.82) is 5.26 Å². The molecular weight excluding hydrogens is 232 g/mol. The second-order valence-corrected chi connectivity index (χ2v) is 4.11. The first-order valence-electron chi connectivity index (χ1n) is 5.46. The molecule has 0 fully saturated rings. The molecule has 0 spiro atoms. The van der Waals surface area contributed by atoms with Crippen LogP contribution in [0, 0.1) is 11.3 Å². The molecule has 1 amide bonds. The zero-order valence-electron chi connectivity index (χ0n) is 10.7. The second kappa shape index (κ2) is 6.03. The van der Waals surface area contributed by atoms with E-state index < -0.39 is 5.60 Å². The SMILES string of the molecule is COC(C)(C)C(=O)Nc1ccccc1OCC#N. The number of anilines is 1. The van der Waals surface area contributed by atoms with E-state index in [-0.39, 0.29) is 12.5 Å². The van der Waals surface area contributed by atoms with Crippen molar-refractivity contribution in [2.45, 2.75) is 19.4 Å². The van der Waals surface area contributed by atoms with E-state index in [9.17, 15) is 4.79 Å². The fourth-order valence-corrected chi connectivity index (χ4v) is 1.17. The highest BCUT2D eigenvalue weighted by Gasteiger charge is 2.27. The lowest BCUT2D eigenvalue weighted by molar-refractivity contribution is -0.133. The normalized spacial score (nSPS) is 10.6. The fourth-order valence-electron chi connectivity index (χ4n) is 1.17. The number of carbonyl (C=O) groups excluding carboxylic acids is 1. The van der Waals surface area contributed by atoms with Gasteiger partial charge < -0.3 is 14.8 Å². The molecule has 0 saturated heterocycles. The Kier molecular flexibility index (Phi) is 4.69. The first kappa shape index (κ1) is 14.0. The van der Waals surface area contributed by atoms with E-state index in [4.69, 9.17) is 14.7 Å². The molecular formula is C13H16N2O3. The van der Waals surface area contributed by atoms with Crippen LogP contribution in [0.3, 0.4) is 0 Å². The van der Waals surface area contributed by atoms with Gasteiger partial charge in [-0.2, -0.15) is 5.26 Å². The summed E-state index contributed by atoms with van der Waals surface area (Å²) in [6.07, 6.45) is 0. The lowest BCUT2D eigenvalue weighted by Gasteiger charge is -2.22. The number of ether oxygens (including phenoxy) is 2. The molecule has 0 aliphatic rings. The Balaban J connectivity index is 2.85. The van der Waals surface area contributed by atoms with Gasteiger partial charge in [0.25, 0.3) is 5.91 Å². The Labute approximate surface area is 106 Å². The van der Waals surface area contributed by atoms with Gasteiger partial charge in [-0.3, -0.25) is 4.79 Å². The van der Waals surface area contributed by atoms with Crippen molar-refractivity contribution < 1.29 is 14.3 Å². The zero-order chi connectivity index (χ0) is 13.6.